The van der Waals surface area contributed by atoms with Crippen LogP contribution in [-0.2, 0) is 4.79 Å². The number of carbonyl (C=O) groups is 1. The first-order valence-electron chi connectivity index (χ1n) is 6.14. The monoisotopic (exact) mass is 229 g/mol. The van der Waals surface area contributed by atoms with Gasteiger partial charge in [0.15, 0.2) is 0 Å². The number of aliphatic hydroxyl groups excluding tert-OH is 1. The molecule has 0 amide bonds. The van der Waals surface area contributed by atoms with Gasteiger partial charge in [0, 0.05) is 18.7 Å². The van der Waals surface area contributed by atoms with Crippen LogP contribution >= 0.6 is 0 Å². The van der Waals surface area contributed by atoms with E-state index >= 15 is 0 Å². The SMILES string of the molecule is CC(CO)C(C)NC1CCCC(C(=O)O)C1. The van der Waals surface area contributed by atoms with E-state index in [9.17, 15) is 4.79 Å². The van der Waals surface area contributed by atoms with E-state index in [2.05, 4.69) is 5.32 Å². The number of carboxylic acids is 1. The molecule has 0 saturated heterocycles. The van der Waals surface area contributed by atoms with E-state index in [1.54, 1.807) is 0 Å². The second-order valence-electron chi connectivity index (χ2n) is 5.01. The highest BCUT2D eigenvalue weighted by atomic mass is 16.4. The van der Waals surface area contributed by atoms with Crippen LogP contribution < -0.4 is 5.32 Å². The van der Waals surface area contributed by atoms with Crippen molar-refractivity contribution in [2.24, 2.45) is 11.8 Å². The average molecular weight is 229 g/mol. The maximum absolute atomic E-state index is 10.9. The van der Waals surface area contributed by atoms with Gasteiger partial charge >= 0.3 is 5.97 Å². The molecule has 1 fully saturated rings. The fourth-order valence-corrected chi connectivity index (χ4v) is 2.26. The maximum atomic E-state index is 10.9. The Morgan fingerprint density at radius 3 is 2.69 bits per heavy atom. The fraction of sp³-hybridized carbons (Fsp3) is 0.917. The van der Waals surface area contributed by atoms with Crippen molar-refractivity contribution < 1.29 is 15.0 Å². The summed E-state index contributed by atoms with van der Waals surface area (Å²) < 4.78 is 0. The lowest BCUT2D eigenvalue weighted by molar-refractivity contribution is -0.143. The van der Waals surface area contributed by atoms with Crippen molar-refractivity contribution in [1.82, 2.24) is 5.32 Å². The first kappa shape index (κ1) is 13.5. The first-order chi connectivity index (χ1) is 7.54. The summed E-state index contributed by atoms with van der Waals surface area (Å²) in [5.74, 6) is -0.651. The minimum atomic E-state index is -0.672. The lowest BCUT2D eigenvalue weighted by Gasteiger charge is -2.31. The molecule has 94 valence electrons. The molecular weight excluding hydrogens is 206 g/mol. The Bertz CT molecular complexity index is 232. The van der Waals surface area contributed by atoms with Crippen molar-refractivity contribution in [3.8, 4) is 0 Å². The molecule has 0 aromatic rings. The van der Waals surface area contributed by atoms with Crippen LogP contribution in [0.15, 0.2) is 0 Å². The summed E-state index contributed by atoms with van der Waals surface area (Å²) in [4.78, 5) is 10.9. The Kier molecular flexibility index (Phi) is 5.22. The van der Waals surface area contributed by atoms with Gasteiger partial charge in [0.2, 0.25) is 0 Å². The zero-order valence-corrected chi connectivity index (χ0v) is 10.1. The van der Waals surface area contributed by atoms with E-state index < -0.39 is 5.97 Å². The number of aliphatic carboxylic acids is 1. The molecule has 16 heavy (non-hydrogen) atoms. The van der Waals surface area contributed by atoms with Crippen LogP contribution in [0.25, 0.3) is 0 Å². The quantitative estimate of drug-likeness (QED) is 0.663. The zero-order chi connectivity index (χ0) is 12.1. The predicted molar refractivity (Wildman–Crippen MR) is 62.2 cm³/mol. The lowest BCUT2D eigenvalue weighted by Crippen LogP contribution is -2.44. The lowest BCUT2D eigenvalue weighted by atomic mass is 9.85. The molecule has 1 saturated carbocycles. The molecule has 0 heterocycles. The Balaban J connectivity index is 2.39. The molecule has 0 spiro atoms. The Morgan fingerprint density at radius 1 is 1.44 bits per heavy atom. The van der Waals surface area contributed by atoms with E-state index in [1.807, 2.05) is 13.8 Å². The van der Waals surface area contributed by atoms with Gasteiger partial charge in [-0.05, 0) is 32.1 Å². The molecule has 4 atom stereocenters. The van der Waals surface area contributed by atoms with Crippen molar-refractivity contribution in [2.45, 2.75) is 51.6 Å². The number of aliphatic hydroxyl groups is 1. The van der Waals surface area contributed by atoms with Crippen LogP contribution in [0.4, 0.5) is 0 Å². The molecular formula is C12H23NO3. The average Bonchev–Trinajstić information content (AvgIpc) is 2.28. The predicted octanol–water partition coefficient (Wildman–Crippen LogP) is 1.24. The second kappa shape index (κ2) is 6.21. The molecule has 0 aromatic heterocycles. The molecule has 0 radical (unpaired) electrons. The Morgan fingerprint density at radius 2 is 2.12 bits per heavy atom. The van der Waals surface area contributed by atoms with Gasteiger partial charge in [0.1, 0.15) is 0 Å². The van der Waals surface area contributed by atoms with E-state index in [-0.39, 0.29) is 24.5 Å². The van der Waals surface area contributed by atoms with Crippen molar-refractivity contribution in [3.63, 3.8) is 0 Å². The van der Waals surface area contributed by atoms with Gasteiger partial charge in [-0.15, -0.1) is 0 Å². The summed E-state index contributed by atoms with van der Waals surface area (Å²) in [6, 6.07) is 0.529. The van der Waals surface area contributed by atoms with Crippen LogP contribution in [0.5, 0.6) is 0 Å². The molecule has 1 aliphatic rings. The number of hydrogen-bond acceptors (Lipinski definition) is 3. The topological polar surface area (TPSA) is 69.6 Å². The highest BCUT2D eigenvalue weighted by Gasteiger charge is 2.28. The van der Waals surface area contributed by atoms with Crippen LogP contribution in [0, 0.1) is 11.8 Å². The largest absolute Gasteiger partial charge is 0.481 e. The summed E-state index contributed by atoms with van der Waals surface area (Å²) >= 11 is 0. The molecule has 1 aliphatic carbocycles. The van der Waals surface area contributed by atoms with Crippen LogP contribution in [0.3, 0.4) is 0 Å². The summed E-state index contributed by atoms with van der Waals surface area (Å²) in [7, 11) is 0. The minimum Gasteiger partial charge on any atom is -0.481 e. The van der Waals surface area contributed by atoms with Gasteiger partial charge in [0.25, 0.3) is 0 Å². The van der Waals surface area contributed by atoms with Gasteiger partial charge in [-0.1, -0.05) is 13.3 Å². The number of carboxylic acid groups (broad SMARTS) is 1. The molecule has 0 bridgehead atoms. The van der Waals surface area contributed by atoms with Gasteiger partial charge in [-0.2, -0.15) is 0 Å². The van der Waals surface area contributed by atoms with Crippen molar-refractivity contribution in [3.05, 3.63) is 0 Å². The van der Waals surface area contributed by atoms with Crippen molar-refractivity contribution >= 4 is 5.97 Å². The fourth-order valence-electron chi connectivity index (χ4n) is 2.26. The van der Waals surface area contributed by atoms with Crippen molar-refractivity contribution in [1.29, 1.82) is 0 Å². The second-order valence-corrected chi connectivity index (χ2v) is 5.01. The third-order valence-electron chi connectivity index (χ3n) is 3.66. The highest BCUT2D eigenvalue weighted by Crippen LogP contribution is 2.25. The Labute approximate surface area is 97.0 Å². The number of rotatable bonds is 5. The number of hydrogen-bond donors (Lipinski definition) is 3. The Hall–Kier alpha value is -0.610. The van der Waals surface area contributed by atoms with Crippen LogP contribution in [0.2, 0.25) is 0 Å². The van der Waals surface area contributed by atoms with Crippen molar-refractivity contribution in [2.75, 3.05) is 6.61 Å². The van der Waals surface area contributed by atoms with Gasteiger partial charge in [-0.25, -0.2) is 0 Å². The van der Waals surface area contributed by atoms with Crippen LogP contribution in [0.1, 0.15) is 39.5 Å². The van der Waals surface area contributed by atoms with E-state index in [0.29, 0.717) is 6.04 Å². The van der Waals surface area contributed by atoms with E-state index in [1.165, 1.54) is 0 Å². The molecule has 0 aliphatic heterocycles. The van der Waals surface area contributed by atoms with E-state index in [0.717, 1.165) is 25.7 Å². The minimum absolute atomic E-state index is 0.170. The molecule has 3 N–H and O–H groups in total. The van der Waals surface area contributed by atoms with E-state index in [4.69, 9.17) is 10.2 Å². The van der Waals surface area contributed by atoms with Gasteiger partial charge in [0.05, 0.1) is 5.92 Å². The summed E-state index contributed by atoms with van der Waals surface area (Å²) in [5.41, 5.74) is 0. The van der Waals surface area contributed by atoms with Gasteiger partial charge in [-0.3, -0.25) is 4.79 Å². The van der Waals surface area contributed by atoms with Crippen LogP contribution in [-0.4, -0.2) is 34.9 Å². The maximum Gasteiger partial charge on any atom is 0.306 e. The smallest absolute Gasteiger partial charge is 0.306 e. The third-order valence-corrected chi connectivity index (χ3v) is 3.66. The third kappa shape index (κ3) is 3.76. The zero-order valence-electron chi connectivity index (χ0n) is 10.1. The molecule has 4 heteroatoms. The summed E-state index contributed by atoms with van der Waals surface area (Å²) in [6.07, 6.45) is 3.55. The standard InChI is InChI=1S/C12H23NO3/c1-8(7-14)9(2)13-11-5-3-4-10(6-11)12(15)16/h8-11,13-14H,3-7H2,1-2H3,(H,15,16). The molecule has 1 rings (SSSR count). The van der Waals surface area contributed by atoms with Gasteiger partial charge < -0.3 is 15.5 Å². The highest BCUT2D eigenvalue weighted by molar-refractivity contribution is 5.70. The number of nitrogens with one attached hydrogen (secondary N) is 1. The summed E-state index contributed by atoms with van der Waals surface area (Å²) in [5, 5.41) is 21.4. The summed E-state index contributed by atoms with van der Waals surface area (Å²) in [6.45, 7) is 4.21. The normalized spacial score (nSPS) is 29.7. The molecule has 4 unspecified atom stereocenters. The first-order valence-corrected chi connectivity index (χ1v) is 6.14. The molecule has 4 nitrogen and oxygen atoms in total. The molecule has 0 aromatic carbocycles.